The molecule has 9 aromatic rings. The number of hydrogen-bond donors (Lipinski definition) is 0. The Balaban J connectivity index is 1.15. The number of fused-ring (bicyclic) bond motifs is 5. The zero-order chi connectivity index (χ0) is 29.7. The SMILES string of the molecule is c1ccc(-c2ccc(-c3ccc(-c4nnc(-n5c6ccccc6c6cc7ccccc7cc65)c5nccnc45)cc3)cc2)cc1. The first-order chi connectivity index (χ1) is 22.3. The van der Waals surface area contributed by atoms with E-state index in [1.807, 2.05) is 6.07 Å². The van der Waals surface area contributed by atoms with Crippen LogP contribution in [0.3, 0.4) is 0 Å². The summed E-state index contributed by atoms with van der Waals surface area (Å²) in [6.07, 6.45) is 3.45. The van der Waals surface area contributed by atoms with Crippen molar-refractivity contribution in [2.24, 2.45) is 0 Å². The Labute approximate surface area is 259 Å². The molecule has 0 fully saturated rings. The van der Waals surface area contributed by atoms with Gasteiger partial charge in [0.25, 0.3) is 0 Å². The Morgan fingerprint density at radius 2 is 0.956 bits per heavy atom. The Hall–Kier alpha value is -6.20. The zero-order valence-corrected chi connectivity index (χ0v) is 24.2. The van der Waals surface area contributed by atoms with Gasteiger partial charge in [0.15, 0.2) is 5.82 Å². The van der Waals surface area contributed by atoms with E-state index in [1.54, 1.807) is 12.4 Å². The van der Waals surface area contributed by atoms with Crippen molar-refractivity contribution in [2.45, 2.75) is 0 Å². The maximum absolute atomic E-state index is 4.84. The molecule has 6 aromatic carbocycles. The van der Waals surface area contributed by atoms with Crippen LogP contribution in [0.1, 0.15) is 0 Å². The maximum Gasteiger partial charge on any atom is 0.188 e. The molecule has 3 aromatic heterocycles. The fraction of sp³-hybridized carbons (Fsp3) is 0. The molecule has 210 valence electrons. The number of para-hydroxylation sites is 1. The molecular weight excluding hydrogens is 550 g/mol. The van der Waals surface area contributed by atoms with E-state index in [0.717, 1.165) is 33.1 Å². The molecule has 0 unspecified atom stereocenters. The van der Waals surface area contributed by atoms with Gasteiger partial charge in [-0.1, -0.05) is 121 Å². The average Bonchev–Trinajstić information content (AvgIpc) is 3.43. The highest BCUT2D eigenvalue weighted by Crippen LogP contribution is 2.37. The molecule has 45 heavy (non-hydrogen) atoms. The lowest BCUT2D eigenvalue weighted by Crippen LogP contribution is -2.04. The van der Waals surface area contributed by atoms with E-state index in [1.165, 1.54) is 27.3 Å². The predicted octanol–water partition coefficient (Wildman–Crippen LogP) is 9.67. The van der Waals surface area contributed by atoms with E-state index in [2.05, 4.69) is 138 Å². The lowest BCUT2D eigenvalue weighted by Gasteiger charge is -2.12. The summed E-state index contributed by atoms with van der Waals surface area (Å²) in [4.78, 5) is 9.59. The van der Waals surface area contributed by atoms with Crippen LogP contribution in [0, 0.1) is 0 Å². The van der Waals surface area contributed by atoms with Gasteiger partial charge in [0.05, 0.1) is 11.0 Å². The van der Waals surface area contributed by atoms with Gasteiger partial charge in [-0.2, -0.15) is 0 Å². The second-order valence-corrected chi connectivity index (χ2v) is 11.2. The minimum atomic E-state index is 0.665. The molecule has 0 aliphatic rings. The monoisotopic (exact) mass is 575 g/mol. The molecule has 0 radical (unpaired) electrons. The summed E-state index contributed by atoms with van der Waals surface area (Å²) < 4.78 is 2.17. The molecule has 9 rings (SSSR count). The predicted molar refractivity (Wildman–Crippen MR) is 183 cm³/mol. The summed E-state index contributed by atoms with van der Waals surface area (Å²) in [7, 11) is 0. The maximum atomic E-state index is 4.84. The summed E-state index contributed by atoms with van der Waals surface area (Å²) in [6.45, 7) is 0. The zero-order valence-electron chi connectivity index (χ0n) is 24.2. The molecule has 5 heteroatoms. The van der Waals surface area contributed by atoms with Crippen molar-refractivity contribution >= 4 is 43.6 Å². The Bertz CT molecular complexity index is 2520. The van der Waals surface area contributed by atoms with E-state index in [4.69, 9.17) is 20.2 Å². The molecule has 0 amide bonds. The van der Waals surface area contributed by atoms with E-state index in [0.29, 0.717) is 22.5 Å². The van der Waals surface area contributed by atoms with Gasteiger partial charge in [-0.05, 0) is 51.2 Å². The second kappa shape index (κ2) is 10.2. The number of nitrogens with zero attached hydrogens (tertiary/aromatic N) is 5. The molecule has 0 bridgehead atoms. The number of aromatic nitrogens is 5. The third-order valence-electron chi connectivity index (χ3n) is 8.61. The second-order valence-electron chi connectivity index (χ2n) is 11.2. The number of rotatable bonds is 4. The molecule has 0 saturated heterocycles. The Morgan fingerprint density at radius 3 is 1.67 bits per heavy atom. The van der Waals surface area contributed by atoms with Crippen molar-refractivity contribution in [2.75, 3.05) is 0 Å². The molecule has 0 N–H and O–H groups in total. The van der Waals surface area contributed by atoms with Crippen LogP contribution in [-0.4, -0.2) is 24.7 Å². The van der Waals surface area contributed by atoms with Gasteiger partial charge in [-0.25, -0.2) is 4.98 Å². The number of benzene rings is 6. The van der Waals surface area contributed by atoms with Gasteiger partial charge < -0.3 is 0 Å². The molecule has 5 nitrogen and oxygen atoms in total. The van der Waals surface area contributed by atoms with E-state index < -0.39 is 0 Å². The molecular formula is C40H25N5. The van der Waals surface area contributed by atoms with Crippen LogP contribution < -0.4 is 0 Å². The summed E-state index contributed by atoms with van der Waals surface area (Å²) in [5, 5.41) is 14.3. The fourth-order valence-corrected chi connectivity index (χ4v) is 6.40. The lowest BCUT2D eigenvalue weighted by atomic mass is 9.99. The van der Waals surface area contributed by atoms with Gasteiger partial charge >= 0.3 is 0 Å². The number of hydrogen-bond acceptors (Lipinski definition) is 4. The van der Waals surface area contributed by atoms with Crippen molar-refractivity contribution < 1.29 is 0 Å². The summed E-state index contributed by atoms with van der Waals surface area (Å²) in [5.74, 6) is 0.665. The molecule has 0 atom stereocenters. The fourth-order valence-electron chi connectivity index (χ4n) is 6.40. The van der Waals surface area contributed by atoms with Crippen LogP contribution in [0.15, 0.2) is 152 Å². The first-order valence-corrected chi connectivity index (χ1v) is 15.0. The standard InChI is InChI=1S/C40H25N5/c1-2-8-26(9-3-1)27-14-16-28(17-15-27)29-18-20-30(21-19-29)37-38-39(42-23-22-41-38)40(44-43-37)45-35-13-7-6-12-33(35)34-24-31-10-4-5-11-32(31)25-36(34)45/h1-25H. The summed E-state index contributed by atoms with van der Waals surface area (Å²) >= 11 is 0. The van der Waals surface area contributed by atoms with Gasteiger partial charge in [-0.15, -0.1) is 10.2 Å². The quantitative estimate of drug-likeness (QED) is 0.210. The minimum Gasteiger partial charge on any atom is -0.290 e. The first kappa shape index (κ1) is 25.3. The Morgan fingerprint density at radius 1 is 0.400 bits per heavy atom. The summed E-state index contributed by atoms with van der Waals surface area (Å²) in [6, 6.07) is 48.9. The van der Waals surface area contributed by atoms with Crippen LogP contribution in [0.4, 0.5) is 0 Å². The van der Waals surface area contributed by atoms with Gasteiger partial charge in [0.2, 0.25) is 0 Å². The average molecular weight is 576 g/mol. The van der Waals surface area contributed by atoms with Crippen LogP contribution in [0.2, 0.25) is 0 Å². The van der Waals surface area contributed by atoms with Crippen LogP contribution in [0.25, 0.3) is 82.9 Å². The van der Waals surface area contributed by atoms with Crippen molar-refractivity contribution in [3.8, 4) is 39.3 Å². The lowest BCUT2D eigenvalue weighted by molar-refractivity contribution is 0.965. The van der Waals surface area contributed by atoms with E-state index >= 15 is 0 Å². The smallest absolute Gasteiger partial charge is 0.188 e. The van der Waals surface area contributed by atoms with Crippen LogP contribution >= 0.6 is 0 Å². The minimum absolute atomic E-state index is 0.665. The van der Waals surface area contributed by atoms with Crippen LogP contribution in [-0.2, 0) is 0 Å². The largest absolute Gasteiger partial charge is 0.290 e. The van der Waals surface area contributed by atoms with Crippen molar-refractivity contribution in [1.82, 2.24) is 24.7 Å². The third-order valence-corrected chi connectivity index (χ3v) is 8.61. The molecule has 0 aliphatic heterocycles. The van der Waals surface area contributed by atoms with E-state index in [-0.39, 0.29) is 0 Å². The third kappa shape index (κ3) is 4.17. The van der Waals surface area contributed by atoms with Crippen molar-refractivity contribution in [3.63, 3.8) is 0 Å². The molecule has 0 aliphatic carbocycles. The normalized spacial score (nSPS) is 11.6. The van der Waals surface area contributed by atoms with E-state index in [9.17, 15) is 0 Å². The highest BCUT2D eigenvalue weighted by Gasteiger charge is 2.20. The van der Waals surface area contributed by atoms with Gasteiger partial charge in [0, 0.05) is 28.7 Å². The van der Waals surface area contributed by atoms with Crippen molar-refractivity contribution in [1.29, 1.82) is 0 Å². The van der Waals surface area contributed by atoms with Crippen LogP contribution in [0.5, 0.6) is 0 Å². The first-order valence-electron chi connectivity index (χ1n) is 15.0. The highest BCUT2D eigenvalue weighted by molar-refractivity contribution is 6.14. The summed E-state index contributed by atoms with van der Waals surface area (Å²) in [5.41, 5.74) is 9.90. The molecule has 0 spiro atoms. The molecule has 3 heterocycles. The van der Waals surface area contributed by atoms with Gasteiger partial charge in [0.1, 0.15) is 16.7 Å². The van der Waals surface area contributed by atoms with Crippen molar-refractivity contribution in [3.05, 3.63) is 152 Å². The van der Waals surface area contributed by atoms with Gasteiger partial charge in [-0.3, -0.25) is 9.55 Å². The highest BCUT2D eigenvalue weighted by atomic mass is 15.2. The molecule has 0 saturated carbocycles. The Kier molecular flexibility index (Phi) is 5.74. The topological polar surface area (TPSA) is 56.5 Å².